The van der Waals surface area contributed by atoms with Gasteiger partial charge in [0.05, 0.1) is 4.90 Å². The number of likely N-dealkylation sites (N-methyl/N-ethyl adjacent to an activating group) is 1. The van der Waals surface area contributed by atoms with Crippen molar-refractivity contribution < 1.29 is 18.0 Å². The van der Waals surface area contributed by atoms with E-state index >= 15 is 0 Å². The van der Waals surface area contributed by atoms with Crippen LogP contribution in [0.1, 0.15) is 27.9 Å². The van der Waals surface area contributed by atoms with Gasteiger partial charge in [-0.2, -0.15) is 0 Å². The number of carbonyl (C=O) groups is 2. The Morgan fingerprint density at radius 2 is 1.46 bits per heavy atom. The van der Waals surface area contributed by atoms with E-state index in [0.29, 0.717) is 30.8 Å². The van der Waals surface area contributed by atoms with Gasteiger partial charge in [-0.1, -0.05) is 42.5 Å². The largest absolute Gasteiger partial charge is 0.336 e. The number of carbonyl (C=O) groups excluding carboxylic acids is 2. The van der Waals surface area contributed by atoms with Crippen LogP contribution < -0.4 is 10.0 Å². The zero-order valence-electron chi connectivity index (χ0n) is 20.9. The molecule has 0 radical (unpaired) electrons. The molecule has 194 valence electrons. The average molecular weight is 521 g/mol. The number of hydrogen-bond acceptors (Lipinski definition) is 5. The summed E-state index contributed by atoms with van der Waals surface area (Å²) < 4.78 is 27.7. The number of amides is 2. The van der Waals surface area contributed by atoms with Crippen LogP contribution in [0.5, 0.6) is 0 Å². The van der Waals surface area contributed by atoms with Gasteiger partial charge >= 0.3 is 0 Å². The minimum Gasteiger partial charge on any atom is -0.336 e. The molecular weight excluding hydrogens is 488 g/mol. The highest BCUT2D eigenvalue weighted by Gasteiger charge is 2.20. The van der Waals surface area contributed by atoms with Crippen molar-refractivity contribution in [2.45, 2.75) is 24.3 Å². The molecule has 37 heavy (non-hydrogen) atoms. The van der Waals surface area contributed by atoms with Gasteiger partial charge in [0, 0.05) is 50.4 Å². The van der Waals surface area contributed by atoms with E-state index in [4.69, 9.17) is 0 Å². The van der Waals surface area contributed by atoms with Crippen molar-refractivity contribution in [1.82, 2.24) is 14.5 Å². The summed E-state index contributed by atoms with van der Waals surface area (Å²) in [6, 6.07) is 22.8. The Bertz CT molecular complexity index is 1300. The number of rotatable bonds is 9. The molecule has 0 bridgehead atoms. The van der Waals surface area contributed by atoms with E-state index in [1.807, 2.05) is 42.3 Å². The third-order valence-corrected chi connectivity index (χ3v) is 7.81. The molecule has 1 fully saturated rings. The summed E-state index contributed by atoms with van der Waals surface area (Å²) in [7, 11) is -1.58. The van der Waals surface area contributed by atoms with Gasteiger partial charge in [0.1, 0.15) is 0 Å². The summed E-state index contributed by atoms with van der Waals surface area (Å²) in [6.45, 7) is 3.37. The summed E-state index contributed by atoms with van der Waals surface area (Å²) in [5.41, 5.74) is 2.98. The van der Waals surface area contributed by atoms with E-state index in [0.717, 1.165) is 24.2 Å². The number of aryl methyl sites for hydroxylation is 1. The van der Waals surface area contributed by atoms with E-state index in [9.17, 15) is 18.0 Å². The lowest BCUT2D eigenvalue weighted by molar-refractivity contribution is -0.116. The molecule has 0 aromatic heterocycles. The fraction of sp³-hybridized carbons (Fsp3) is 0.286. The van der Waals surface area contributed by atoms with Crippen LogP contribution in [0.2, 0.25) is 0 Å². The van der Waals surface area contributed by atoms with Crippen LogP contribution in [0.4, 0.5) is 5.69 Å². The van der Waals surface area contributed by atoms with Gasteiger partial charge < -0.3 is 15.1 Å². The third kappa shape index (κ3) is 7.48. The molecule has 2 N–H and O–H groups in total. The van der Waals surface area contributed by atoms with Crippen LogP contribution in [-0.4, -0.2) is 63.3 Å². The van der Waals surface area contributed by atoms with Crippen LogP contribution in [0.25, 0.3) is 0 Å². The van der Waals surface area contributed by atoms with Crippen molar-refractivity contribution >= 4 is 27.5 Å². The van der Waals surface area contributed by atoms with E-state index < -0.39 is 10.0 Å². The van der Waals surface area contributed by atoms with Crippen molar-refractivity contribution in [3.8, 4) is 0 Å². The van der Waals surface area contributed by atoms with Gasteiger partial charge in [-0.15, -0.1) is 0 Å². The predicted octanol–water partition coefficient (Wildman–Crippen LogP) is 3.12. The number of nitrogens with zero attached hydrogens (tertiary/aromatic N) is 2. The molecule has 3 aromatic carbocycles. The first kappa shape index (κ1) is 26.5. The van der Waals surface area contributed by atoms with Crippen LogP contribution in [-0.2, 0) is 27.8 Å². The Labute approximate surface area is 218 Å². The highest BCUT2D eigenvalue weighted by atomic mass is 32.2. The first-order valence-corrected chi connectivity index (χ1v) is 13.8. The van der Waals surface area contributed by atoms with Gasteiger partial charge in [0.15, 0.2) is 0 Å². The second kappa shape index (κ2) is 12.1. The summed E-state index contributed by atoms with van der Waals surface area (Å²) in [5.74, 6) is -0.147. The molecule has 3 aromatic rings. The molecule has 1 aliphatic rings. The van der Waals surface area contributed by atoms with Crippen molar-refractivity contribution in [1.29, 1.82) is 0 Å². The maximum absolute atomic E-state index is 12.7. The first-order valence-electron chi connectivity index (χ1n) is 12.3. The molecule has 4 rings (SSSR count). The van der Waals surface area contributed by atoms with Gasteiger partial charge in [0.25, 0.3) is 5.91 Å². The zero-order chi connectivity index (χ0) is 26.3. The molecule has 1 aliphatic heterocycles. The SMILES string of the molecule is CN1CCN(C(=O)c2ccc(NC(=O)CCc3ccc(S(=O)(=O)NCc4ccccc4)cc3)cc2)CC1. The van der Waals surface area contributed by atoms with Crippen molar-refractivity contribution in [3.63, 3.8) is 0 Å². The van der Waals surface area contributed by atoms with E-state index in [1.165, 1.54) is 0 Å². The Morgan fingerprint density at radius 3 is 2.11 bits per heavy atom. The van der Waals surface area contributed by atoms with Crippen LogP contribution in [0, 0.1) is 0 Å². The summed E-state index contributed by atoms with van der Waals surface area (Å²) in [5, 5.41) is 2.86. The molecule has 9 heteroatoms. The summed E-state index contributed by atoms with van der Waals surface area (Å²) >= 11 is 0. The zero-order valence-corrected chi connectivity index (χ0v) is 21.7. The van der Waals surface area contributed by atoms with Crippen molar-refractivity contribution in [3.05, 3.63) is 95.6 Å². The molecule has 1 heterocycles. The Hall–Kier alpha value is -3.53. The van der Waals surface area contributed by atoms with Crippen LogP contribution in [0.3, 0.4) is 0 Å². The normalized spacial score (nSPS) is 14.4. The third-order valence-electron chi connectivity index (χ3n) is 6.39. The molecule has 1 saturated heterocycles. The van der Waals surface area contributed by atoms with Crippen LogP contribution in [0.15, 0.2) is 83.8 Å². The van der Waals surface area contributed by atoms with Gasteiger partial charge in [-0.25, -0.2) is 13.1 Å². The highest BCUT2D eigenvalue weighted by Crippen LogP contribution is 2.15. The minimum atomic E-state index is -3.63. The van der Waals surface area contributed by atoms with Gasteiger partial charge in [-0.3, -0.25) is 9.59 Å². The Balaban J connectivity index is 1.24. The molecule has 0 atom stereocenters. The summed E-state index contributed by atoms with van der Waals surface area (Å²) in [4.78, 5) is 29.3. The second-order valence-corrected chi connectivity index (χ2v) is 10.9. The van der Waals surface area contributed by atoms with Gasteiger partial charge in [0.2, 0.25) is 15.9 Å². The predicted molar refractivity (Wildman–Crippen MR) is 144 cm³/mol. The Morgan fingerprint density at radius 1 is 0.811 bits per heavy atom. The minimum absolute atomic E-state index is 0.00621. The second-order valence-electron chi connectivity index (χ2n) is 9.18. The molecule has 0 aliphatic carbocycles. The first-order chi connectivity index (χ1) is 17.8. The lowest BCUT2D eigenvalue weighted by atomic mass is 10.1. The topological polar surface area (TPSA) is 98.8 Å². The number of sulfonamides is 1. The van der Waals surface area contributed by atoms with Gasteiger partial charge in [-0.05, 0) is 61.0 Å². The smallest absolute Gasteiger partial charge is 0.253 e. The maximum atomic E-state index is 12.7. The highest BCUT2D eigenvalue weighted by molar-refractivity contribution is 7.89. The fourth-order valence-corrected chi connectivity index (χ4v) is 5.08. The van der Waals surface area contributed by atoms with E-state index in [2.05, 4.69) is 14.9 Å². The molecular formula is C28H32N4O4S. The van der Waals surface area contributed by atoms with E-state index in [-0.39, 0.29) is 29.7 Å². The standard InChI is InChI=1S/C28H32N4O4S/c1-31-17-19-32(20-18-31)28(34)24-10-12-25(13-11-24)30-27(33)16-9-22-7-14-26(15-8-22)37(35,36)29-21-23-5-3-2-4-6-23/h2-8,10-15,29H,9,16-21H2,1H3,(H,30,33). The van der Waals surface area contributed by atoms with Crippen molar-refractivity contribution in [2.24, 2.45) is 0 Å². The number of hydrogen-bond donors (Lipinski definition) is 2. The van der Waals surface area contributed by atoms with Crippen molar-refractivity contribution in [2.75, 3.05) is 38.5 Å². The lowest BCUT2D eigenvalue weighted by Gasteiger charge is -2.32. The number of piperazine rings is 1. The number of nitrogens with one attached hydrogen (secondary N) is 2. The Kier molecular flexibility index (Phi) is 8.70. The fourth-order valence-electron chi connectivity index (χ4n) is 4.06. The van der Waals surface area contributed by atoms with E-state index in [1.54, 1.807) is 48.5 Å². The molecule has 0 spiro atoms. The molecule has 2 amide bonds. The molecule has 0 unspecified atom stereocenters. The number of benzene rings is 3. The lowest BCUT2D eigenvalue weighted by Crippen LogP contribution is -2.47. The molecule has 0 saturated carbocycles. The molecule has 8 nitrogen and oxygen atoms in total. The average Bonchev–Trinajstić information content (AvgIpc) is 2.92. The summed E-state index contributed by atoms with van der Waals surface area (Å²) in [6.07, 6.45) is 0.726. The number of anilines is 1. The van der Waals surface area contributed by atoms with Crippen LogP contribution >= 0.6 is 0 Å². The quantitative estimate of drug-likeness (QED) is 0.452. The monoisotopic (exact) mass is 520 g/mol. The maximum Gasteiger partial charge on any atom is 0.253 e.